The molecule has 112 valence electrons. The fourth-order valence-electron chi connectivity index (χ4n) is 3.11. The van der Waals surface area contributed by atoms with Crippen molar-refractivity contribution in [3.8, 4) is 0 Å². The first kappa shape index (κ1) is 16.2. The highest BCUT2D eigenvalue weighted by Gasteiger charge is 2.23. The predicted molar refractivity (Wildman–Crippen MR) is 90.7 cm³/mol. The number of hydrogen-bond donors (Lipinski definition) is 1. The summed E-state index contributed by atoms with van der Waals surface area (Å²) in [5, 5.41) is 0. The summed E-state index contributed by atoms with van der Waals surface area (Å²) in [5.74, 6) is 3.21. The van der Waals surface area contributed by atoms with Crippen LogP contribution in [0.25, 0.3) is 0 Å². The fourth-order valence-corrected chi connectivity index (χ4v) is 3.68. The van der Waals surface area contributed by atoms with Gasteiger partial charge in [0, 0.05) is 11.6 Å². The maximum absolute atomic E-state index is 5.42. The number of nitrogens with zero attached hydrogens (tertiary/aromatic N) is 1. The lowest BCUT2D eigenvalue weighted by Crippen LogP contribution is -2.16. The van der Waals surface area contributed by atoms with Crippen LogP contribution in [0, 0.1) is 16.5 Å². The van der Waals surface area contributed by atoms with Gasteiger partial charge in [0.1, 0.15) is 10.5 Å². The summed E-state index contributed by atoms with van der Waals surface area (Å²) in [6, 6.07) is 0. The largest absolute Gasteiger partial charge is 0.346 e. The van der Waals surface area contributed by atoms with Crippen LogP contribution in [-0.4, -0.2) is 9.97 Å². The van der Waals surface area contributed by atoms with Crippen molar-refractivity contribution in [2.24, 2.45) is 11.8 Å². The Morgan fingerprint density at radius 3 is 2.50 bits per heavy atom. The van der Waals surface area contributed by atoms with Crippen molar-refractivity contribution in [3.05, 3.63) is 20.6 Å². The van der Waals surface area contributed by atoms with E-state index in [0.717, 1.165) is 22.6 Å². The van der Waals surface area contributed by atoms with Crippen molar-refractivity contribution in [1.29, 1.82) is 0 Å². The molecular weight excluding hydrogens is 332 g/mol. The van der Waals surface area contributed by atoms with Gasteiger partial charge in [-0.2, -0.15) is 0 Å². The van der Waals surface area contributed by atoms with Crippen molar-refractivity contribution >= 4 is 28.1 Å². The van der Waals surface area contributed by atoms with Crippen molar-refractivity contribution in [3.63, 3.8) is 0 Å². The molecule has 0 unspecified atom stereocenters. The zero-order valence-corrected chi connectivity index (χ0v) is 15.1. The second kappa shape index (κ2) is 7.17. The van der Waals surface area contributed by atoms with Gasteiger partial charge in [0.05, 0.1) is 4.47 Å². The number of hydrogen-bond acceptors (Lipinski definition) is 2. The average molecular weight is 357 g/mol. The average Bonchev–Trinajstić information content (AvgIpc) is 2.43. The molecule has 2 nitrogen and oxygen atoms in total. The standard InChI is InChI=1S/C16H25BrN2S/c1-4-11-5-7-12(8-6-11)15-18-13(9-10(2)3)14(17)16(20)19-15/h10-12H,4-9H2,1-3H3,(H,18,19,20). The highest BCUT2D eigenvalue weighted by atomic mass is 79.9. The Morgan fingerprint density at radius 2 is 1.95 bits per heavy atom. The van der Waals surface area contributed by atoms with E-state index in [9.17, 15) is 0 Å². The summed E-state index contributed by atoms with van der Waals surface area (Å²) >= 11 is 9.01. The summed E-state index contributed by atoms with van der Waals surface area (Å²) in [6.07, 6.45) is 7.50. The Bertz CT molecular complexity index is 502. The maximum atomic E-state index is 5.42. The molecule has 4 heteroatoms. The molecular formula is C16H25BrN2S. The predicted octanol–water partition coefficient (Wildman–Crippen LogP) is 5.78. The third-order valence-electron chi connectivity index (χ3n) is 4.38. The van der Waals surface area contributed by atoms with Crippen molar-refractivity contribution in [2.75, 3.05) is 0 Å². The zero-order valence-electron chi connectivity index (χ0n) is 12.7. The number of aromatic nitrogens is 2. The lowest BCUT2D eigenvalue weighted by Gasteiger charge is -2.27. The molecule has 0 amide bonds. The highest BCUT2D eigenvalue weighted by molar-refractivity contribution is 9.10. The van der Waals surface area contributed by atoms with E-state index in [0.29, 0.717) is 16.5 Å². The van der Waals surface area contributed by atoms with E-state index in [1.165, 1.54) is 37.8 Å². The van der Waals surface area contributed by atoms with Crippen molar-refractivity contribution in [1.82, 2.24) is 9.97 Å². The number of nitrogens with one attached hydrogen (secondary N) is 1. The Balaban J connectivity index is 2.20. The van der Waals surface area contributed by atoms with E-state index in [2.05, 4.69) is 46.7 Å². The highest BCUT2D eigenvalue weighted by Crippen LogP contribution is 2.36. The van der Waals surface area contributed by atoms with Gasteiger partial charge >= 0.3 is 0 Å². The van der Waals surface area contributed by atoms with Crippen LogP contribution >= 0.6 is 28.1 Å². The molecule has 0 radical (unpaired) electrons. The van der Waals surface area contributed by atoms with Crippen molar-refractivity contribution in [2.45, 2.75) is 65.2 Å². The van der Waals surface area contributed by atoms with Gasteiger partial charge in [-0.1, -0.05) is 39.4 Å². The molecule has 1 aliphatic carbocycles. The molecule has 0 bridgehead atoms. The van der Waals surface area contributed by atoms with E-state index in [4.69, 9.17) is 12.2 Å². The number of rotatable bonds is 4. The van der Waals surface area contributed by atoms with Gasteiger partial charge in [-0.05, 0) is 59.9 Å². The molecule has 1 saturated carbocycles. The molecule has 1 fully saturated rings. The molecule has 0 spiro atoms. The molecule has 2 rings (SSSR count). The minimum Gasteiger partial charge on any atom is -0.346 e. The lowest BCUT2D eigenvalue weighted by molar-refractivity contribution is 0.311. The van der Waals surface area contributed by atoms with Crippen LogP contribution in [0.5, 0.6) is 0 Å². The molecule has 1 heterocycles. The normalized spacial score (nSPS) is 23.2. The van der Waals surface area contributed by atoms with Crippen LogP contribution in [0.4, 0.5) is 0 Å². The van der Waals surface area contributed by atoms with Gasteiger partial charge in [-0.3, -0.25) is 0 Å². The van der Waals surface area contributed by atoms with Gasteiger partial charge in [0.15, 0.2) is 0 Å². The number of H-pyrrole nitrogens is 1. The van der Waals surface area contributed by atoms with Gasteiger partial charge in [-0.25, -0.2) is 4.98 Å². The minimum atomic E-state index is 0.568. The molecule has 1 aromatic rings. The van der Waals surface area contributed by atoms with Gasteiger partial charge in [0.2, 0.25) is 0 Å². The van der Waals surface area contributed by atoms with E-state index in [1.807, 2.05) is 0 Å². The van der Waals surface area contributed by atoms with Crippen LogP contribution in [0.15, 0.2) is 4.47 Å². The van der Waals surface area contributed by atoms with Gasteiger partial charge < -0.3 is 4.98 Å². The number of halogens is 1. The van der Waals surface area contributed by atoms with Crippen LogP contribution in [-0.2, 0) is 6.42 Å². The van der Waals surface area contributed by atoms with Crippen LogP contribution in [0.1, 0.15) is 70.3 Å². The monoisotopic (exact) mass is 356 g/mol. The maximum Gasteiger partial charge on any atom is 0.144 e. The zero-order chi connectivity index (χ0) is 14.7. The quantitative estimate of drug-likeness (QED) is 0.692. The van der Waals surface area contributed by atoms with Gasteiger partial charge in [-0.15, -0.1) is 0 Å². The molecule has 0 atom stereocenters. The van der Waals surface area contributed by atoms with Crippen LogP contribution < -0.4 is 0 Å². The summed E-state index contributed by atoms with van der Waals surface area (Å²) in [7, 11) is 0. The van der Waals surface area contributed by atoms with Crippen molar-refractivity contribution < 1.29 is 0 Å². The molecule has 0 saturated heterocycles. The molecule has 1 aliphatic rings. The van der Waals surface area contributed by atoms with Crippen LogP contribution in [0.2, 0.25) is 0 Å². The molecule has 0 aromatic carbocycles. The molecule has 1 N–H and O–H groups in total. The Hall–Kier alpha value is -0.220. The summed E-state index contributed by atoms with van der Waals surface area (Å²) in [5.41, 5.74) is 1.22. The van der Waals surface area contributed by atoms with E-state index >= 15 is 0 Å². The fraction of sp³-hybridized carbons (Fsp3) is 0.750. The minimum absolute atomic E-state index is 0.568. The van der Waals surface area contributed by atoms with Crippen LogP contribution in [0.3, 0.4) is 0 Å². The first-order valence-electron chi connectivity index (χ1n) is 7.79. The van der Waals surface area contributed by atoms with E-state index < -0.39 is 0 Å². The molecule has 1 aromatic heterocycles. The smallest absolute Gasteiger partial charge is 0.144 e. The summed E-state index contributed by atoms with van der Waals surface area (Å²) in [6.45, 7) is 6.77. The van der Waals surface area contributed by atoms with E-state index in [-0.39, 0.29) is 0 Å². The second-order valence-electron chi connectivity index (χ2n) is 6.44. The summed E-state index contributed by atoms with van der Waals surface area (Å²) in [4.78, 5) is 8.19. The Labute approximate surface area is 135 Å². The van der Waals surface area contributed by atoms with E-state index in [1.54, 1.807) is 0 Å². The summed E-state index contributed by atoms with van der Waals surface area (Å²) < 4.78 is 1.69. The first-order valence-corrected chi connectivity index (χ1v) is 9.00. The molecule has 20 heavy (non-hydrogen) atoms. The Kier molecular flexibility index (Phi) is 5.79. The molecule has 0 aliphatic heterocycles. The first-order chi connectivity index (χ1) is 9.51. The third-order valence-corrected chi connectivity index (χ3v) is 5.79. The third kappa shape index (κ3) is 3.91. The topological polar surface area (TPSA) is 28.7 Å². The SMILES string of the molecule is CCC1CCC(c2nc(=S)c(Br)c(CC(C)C)[nH]2)CC1. The number of aromatic amines is 1. The van der Waals surface area contributed by atoms with Gasteiger partial charge in [0.25, 0.3) is 0 Å². The second-order valence-corrected chi connectivity index (χ2v) is 7.62. The lowest BCUT2D eigenvalue weighted by atomic mass is 9.80. The Morgan fingerprint density at radius 1 is 1.30 bits per heavy atom.